The fraction of sp³-hybridized carbons (Fsp3) is 0.591. The Morgan fingerprint density at radius 3 is 2.10 bits per heavy atom. The predicted molar refractivity (Wildman–Crippen MR) is 120 cm³/mol. The van der Waals surface area contributed by atoms with Gasteiger partial charge in [0, 0.05) is 44.6 Å². The third kappa shape index (κ3) is 7.43. The molecule has 4 rings (SSSR count). The van der Waals surface area contributed by atoms with Gasteiger partial charge >= 0.3 is 5.97 Å². The minimum absolute atomic E-state index is 0.113. The fourth-order valence-corrected chi connectivity index (χ4v) is 3.75. The Morgan fingerprint density at radius 2 is 1.61 bits per heavy atom. The SMILES string of the molecule is CC(C)(C)OC(=O)C[C@@H]1CCN(c2cccnn2)C1.N[C@@H]1CCN(c2cccnn2)C1. The van der Waals surface area contributed by atoms with Crippen molar-refractivity contribution in [2.24, 2.45) is 11.7 Å². The molecule has 2 fully saturated rings. The molecular formula is C22H33N7O2. The van der Waals surface area contributed by atoms with E-state index in [-0.39, 0.29) is 5.97 Å². The van der Waals surface area contributed by atoms with Crippen LogP contribution in [0.5, 0.6) is 0 Å². The molecule has 9 nitrogen and oxygen atoms in total. The zero-order valence-electron chi connectivity index (χ0n) is 18.6. The second-order valence-corrected chi connectivity index (χ2v) is 9.05. The van der Waals surface area contributed by atoms with Crippen LogP contribution >= 0.6 is 0 Å². The van der Waals surface area contributed by atoms with Crippen LogP contribution in [-0.4, -0.2) is 64.2 Å². The van der Waals surface area contributed by atoms with Gasteiger partial charge in [0.25, 0.3) is 0 Å². The lowest BCUT2D eigenvalue weighted by Crippen LogP contribution is -2.26. The zero-order chi connectivity index (χ0) is 22.3. The molecule has 2 aromatic rings. The first-order valence-electron chi connectivity index (χ1n) is 10.8. The predicted octanol–water partition coefficient (Wildman–Crippen LogP) is 2.05. The minimum Gasteiger partial charge on any atom is -0.460 e. The average molecular weight is 428 g/mol. The van der Waals surface area contributed by atoms with E-state index in [1.807, 2.05) is 45.0 Å². The van der Waals surface area contributed by atoms with Crippen LogP contribution in [0.2, 0.25) is 0 Å². The molecule has 0 radical (unpaired) electrons. The van der Waals surface area contributed by atoms with E-state index in [4.69, 9.17) is 10.5 Å². The molecule has 2 aliphatic rings. The van der Waals surface area contributed by atoms with Gasteiger partial charge in [-0.3, -0.25) is 4.79 Å². The van der Waals surface area contributed by atoms with Crippen molar-refractivity contribution in [3.8, 4) is 0 Å². The second-order valence-electron chi connectivity index (χ2n) is 9.05. The van der Waals surface area contributed by atoms with Gasteiger partial charge in [-0.2, -0.15) is 10.2 Å². The third-order valence-electron chi connectivity index (χ3n) is 5.15. The summed E-state index contributed by atoms with van der Waals surface area (Å²) < 4.78 is 5.36. The number of aromatic nitrogens is 4. The molecule has 0 aromatic carbocycles. The maximum absolute atomic E-state index is 11.8. The summed E-state index contributed by atoms with van der Waals surface area (Å²) in [7, 11) is 0. The van der Waals surface area contributed by atoms with Crippen molar-refractivity contribution in [3.05, 3.63) is 36.7 Å². The molecule has 0 amide bonds. The van der Waals surface area contributed by atoms with Gasteiger partial charge < -0.3 is 20.3 Å². The number of anilines is 2. The maximum atomic E-state index is 11.8. The van der Waals surface area contributed by atoms with Crippen molar-refractivity contribution < 1.29 is 9.53 Å². The van der Waals surface area contributed by atoms with E-state index in [0.29, 0.717) is 18.4 Å². The highest BCUT2D eigenvalue weighted by Crippen LogP contribution is 2.24. The molecule has 0 spiro atoms. The van der Waals surface area contributed by atoms with Crippen LogP contribution in [0.3, 0.4) is 0 Å². The number of hydrogen-bond acceptors (Lipinski definition) is 9. The second kappa shape index (κ2) is 10.5. The molecule has 0 aliphatic carbocycles. The minimum atomic E-state index is -0.402. The summed E-state index contributed by atoms with van der Waals surface area (Å²) in [6.07, 6.45) is 5.87. The van der Waals surface area contributed by atoms with Crippen LogP contribution < -0.4 is 15.5 Å². The number of carbonyl (C=O) groups excluding carboxylic acids is 1. The molecule has 31 heavy (non-hydrogen) atoms. The molecule has 4 heterocycles. The fourth-order valence-electron chi connectivity index (χ4n) is 3.75. The van der Waals surface area contributed by atoms with Gasteiger partial charge in [-0.25, -0.2) is 0 Å². The third-order valence-corrected chi connectivity index (χ3v) is 5.15. The normalized spacial score (nSPS) is 20.9. The number of ether oxygens (including phenoxy) is 1. The largest absolute Gasteiger partial charge is 0.460 e. The van der Waals surface area contributed by atoms with Gasteiger partial charge in [0.15, 0.2) is 11.6 Å². The summed E-state index contributed by atoms with van der Waals surface area (Å²) in [6, 6.07) is 7.98. The summed E-state index contributed by atoms with van der Waals surface area (Å²) in [4.78, 5) is 16.1. The topological polar surface area (TPSA) is 110 Å². The van der Waals surface area contributed by atoms with Gasteiger partial charge in [-0.05, 0) is 63.8 Å². The Morgan fingerprint density at radius 1 is 1.03 bits per heavy atom. The van der Waals surface area contributed by atoms with E-state index in [9.17, 15) is 4.79 Å². The van der Waals surface area contributed by atoms with Crippen LogP contribution in [0, 0.1) is 5.92 Å². The smallest absolute Gasteiger partial charge is 0.306 e. The number of hydrogen-bond donors (Lipinski definition) is 1. The summed E-state index contributed by atoms with van der Waals surface area (Å²) in [5, 5.41) is 15.8. The molecule has 2 saturated heterocycles. The van der Waals surface area contributed by atoms with E-state index < -0.39 is 5.60 Å². The summed E-state index contributed by atoms with van der Waals surface area (Å²) in [5.41, 5.74) is 5.37. The number of esters is 1. The van der Waals surface area contributed by atoms with E-state index >= 15 is 0 Å². The summed E-state index contributed by atoms with van der Waals surface area (Å²) >= 11 is 0. The van der Waals surface area contributed by atoms with Crippen LogP contribution in [0.15, 0.2) is 36.7 Å². The lowest BCUT2D eigenvalue weighted by Gasteiger charge is -2.21. The number of nitrogens with zero attached hydrogens (tertiary/aromatic N) is 6. The lowest BCUT2D eigenvalue weighted by molar-refractivity contribution is -0.155. The standard InChI is InChI=1S/C14H21N3O2.C8H12N4/c1-14(2,3)19-13(18)9-11-6-8-17(10-11)12-5-4-7-15-16-12;9-7-3-5-12(6-7)8-2-1-4-10-11-8/h4-5,7,11H,6,8-10H2,1-3H3;1-2,4,7H,3,5-6,9H2/t11-;7-/m01/s1. The van der Waals surface area contributed by atoms with Crippen molar-refractivity contribution in [2.75, 3.05) is 36.0 Å². The molecule has 168 valence electrons. The Labute approximate surface area is 184 Å². The van der Waals surface area contributed by atoms with Crippen LogP contribution in [-0.2, 0) is 9.53 Å². The highest BCUT2D eigenvalue weighted by Gasteiger charge is 2.27. The van der Waals surface area contributed by atoms with E-state index in [2.05, 4.69) is 30.2 Å². The molecular weight excluding hydrogens is 394 g/mol. The van der Waals surface area contributed by atoms with Crippen molar-refractivity contribution in [2.45, 2.75) is 51.7 Å². The quantitative estimate of drug-likeness (QED) is 0.733. The molecule has 0 bridgehead atoms. The van der Waals surface area contributed by atoms with Gasteiger partial charge in [0.1, 0.15) is 5.60 Å². The van der Waals surface area contributed by atoms with E-state index in [1.165, 1.54) is 0 Å². The van der Waals surface area contributed by atoms with Crippen LogP contribution in [0.4, 0.5) is 11.6 Å². The van der Waals surface area contributed by atoms with Gasteiger partial charge in [-0.1, -0.05) is 0 Å². The first-order valence-corrected chi connectivity index (χ1v) is 10.8. The van der Waals surface area contributed by atoms with Crippen LogP contribution in [0.25, 0.3) is 0 Å². The van der Waals surface area contributed by atoms with Crippen molar-refractivity contribution >= 4 is 17.6 Å². The van der Waals surface area contributed by atoms with Gasteiger partial charge in [0.05, 0.1) is 6.42 Å². The molecule has 2 aliphatic heterocycles. The van der Waals surface area contributed by atoms with E-state index in [0.717, 1.165) is 50.7 Å². The Kier molecular flexibility index (Phi) is 7.73. The maximum Gasteiger partial charge on any atom is 0.306 e. The molecule has 2 aromatic heterocycles. The highest BCUT2D eigenvalue weighted by molar-refractivity contribution is 5.70. The molecule has 2 N–H and O–H groups in total. The summed E-state index contributed by atoms with van der Waals surface area (Å²) in [6.45, 7) is 9.35. The average Bonchev–Trinajstić information content (AvgIpc) is 3.38. The van der Waals surface area contributed by atoms with Crippen LogP contribution in [0.1, 0.15) is 40.0 Å². The van der Waals surface area contributed by atoms with Crippen molar-refractivity contribution in [1.29, 1.82) is 0 Å². The highest BCUT2D eigenvalue weighted by atomic mass is 16.6. The first-order chi connectivity index (χ1) is 14.8. The lowest BCUT2D eigenvalue weighted by atomic mass is 10.1. The molecule has 2 atom stereocenters. The molecule has 9 heteroatoms. The molecule has 0 saturated carbocycles. The Hall–Kier alpha value is -2.81. The number of rotatable bonds is 4. The van der Waals surface area contributed by atoms with Gasteiger partial charge in [0.2, 0.25) is 0 Å². The monoisotopic (exact) mass is 427 g/mol. The Balaban J connectivity index is 0.000000194. The zero-order valence-corrected chi connectivity index (χ0v) is 18.6. The van der Waals surface area contributed by atoms with E-state index in [1.54, 1.807) is 12.4 Å². The number of nitrogens with two attached hydrogens (primary N) is 1. The van der Waals surface area contributed by atoms with Crippen molar-refractivity contribution in [3.63, 3.8) is 0 Å². The van der Waals surface area contributed by atoms with Crippen molar-refractivity contribution in [1.82, 2.24) is 20.4 Å². The number of carbonyl (C=O) groups is 1. The molecule has 0 unspecified atom stereocenters. The van der Waals surface area contributed by atoms with Gasteiger partial charge in [-0.15, -0.1) is 10.2 Å². The summed E-state index contributed by atoms with van der Waals surface area (Å²) in [5.74, 6) is 2.05. The first kappa shape index (κ1) is 22.9. The Bertz CT molecular complexity index is 814.